The summed E-state index contributed by atoms with van der Waals surface area (Å²) >= 11 is 0. The van der Waals surface area contributed by atoms with Gasteiger partial charge in [0.15, 0.2) is 5.82 Å². The van der Waals surface area contributed by atoms with Crippen molar-refractivity contribution in [2.45, 2.75) is 56.7 Å². The Morgan fingerprint density at radius 2 is 2.12 bits per heavy atom. The third-order valence-electron chi connectivity index (χ3n) is 8.78. The fourth-order valence-electron chi connectivity index (χ4n) is 6.84. The highest BCUT2D eigenvalue weighted by Gasteiger charge is 2.49. The molecule has 3 aliphatic rings. The Balaban J connectivity index is 1.39. The highest BCUT2D eigenvalue weighted by Crippen LogP contribution is 2.49. The number of fused-ring (bicyclic) bond motifs is 3. The first-order valence-corrected chi connectivity index (χ1v) is 14.2. The molecule has 7 rings (SSSR count). The Labute approximate surface area is 235 Å². The molecule has 0 unspecified atom stereocenters. The van der Waals surface area contributed by atoms with E-state index in [9.17, 15) is 9.50 Å². The van der Waals surface area contributed by atoms with Gasteiger partial charge in [0.25, 0.3) is 0 Å². The minimum Gasteiger partial charge on any atom is -0.480 e. The summed E-state index contributed by atoms with van der Waals surface area (Å²) in [5, 5.41) is 20.8. The number of rotatable bonds is 9. The van der Waals surface area contributed by atoms with Crippen LogP contribution in [0.15, 0.2) is 12.3 Å². The molecule has 1 saturated carbocycles. The summed E-state index contributed by atoms with van der Waals surface area (Å²) in [4.78, 5) is 15.9. The number of aromatic amines is 1. The predicted octanol–water partition coefficient (Wildman–Crippen LogP) is 4.26. The van der Waals surface area contributed by atoms with Gasteiger partial charge in [-0.15, -0.1) is 0 Å². The Kier molecular flexibility index (Phi) is 6.42. The number of H-pyrrole nitrogens is 1. The van der Waals surface area contributed by atoms with Crippen LogP contribution in [0.3, 0.4) is 0 Å². The number of alkyl halides is 1. The summed E-state index contributed by atoms with van der Waals surface area (Å²) in [7, 11) is 1.47. The van der Waals surface area contributed by atoms with Crippen molar-refractivity contribution >= 4 is 27.6 Å². The largest absolute Gasteiger partial charge is 0.480 e. The van der Waals surface area contributed by atoms with Gasteiger partial charge in [-0.3, -0.25) is 10.00 Å². The Hall–Kier alpha value is -3.64. The number of benzene rings is 1. The maximum atomic E-state index is 16.8. The smallest absolute Gasteiger partial charge is 0.319 e. The number of aryl methyl sites for hydroxylation is 1. The van der Waals surface area contributed by atoms with E-state index in [0.717, 1.165) is 54.3 Å². The van der Waals surface area contributed by atoms with E-state index in [1.54, 1.807) is 6.20 Å². The standard InChI is InChI=1S/C29H33F2N7O3/c1-15-10-19-18(12-33-37-19)21(20(15)16-4-5-16)24-23(31)25-22(27(34-24)40-2)26(32-7-9-39)36-28(35-25)41-14-29-6-3-8-38(29)13-17(30)11-29/h10,12,16-17,39H,3-9,11,13-14H2,1-2H3,(H,33,37)(H,32,35,36)/t17-,29+/m1/s1. The molecule has 5 heterocycles. The lowest BCUT2D eigenvalue weighted by atomic mass is 9.92. The second-order valence-corrected chi connectivity index (χ2v) is 11.5. The number of hydrogen-bond acceptors (Lipinski definition) is 9. The van der Waals surface area contributed by atoms with Gasteiger partial charge in [-0.25, -0.2) is 13.8 Å². The van der Waals surface area contributed by atoms with Crippen molar-refractivity contribution in [1.82, 2.24) is 30.0 Å². The second-order valence-electron chi connectivity index (χ2n) is 11.5. The van der Waals surface area contributed by atoms with E-state index < -0.39 is 17.5 Å². The molecule has 216 valence electrons. The number of aliphatic hydroxyl groups excluding tert-OH is 1. The number of nitrogens with one attached hydrogen (secondary N) is 2. The number of halogens is 2. The molecule has 41 heavy (non-hydrogen) atoms. The predicted molar refractivity (Wildman–Crippen MR) is 150 cm³/mol. The molecule has 2 atom stereocenters. The fourth-order valence-corrected chi connectivity index (χ4v) is 6.84. The van der Waals surface area contributed by atoms with Crippen LogP contribution >= 0.6 is 0 Å². The van der Waals surface area contributed by atoms with Crippen LogP contribution in [0.4, 0.5) is 14.6 Å². The molecule has 3 aromatic heterocycles. The number of anilines is 1. The van der Waals surface area contributed by atoms with Crippen LogP contribution in [0, 0.1) is 12.7 Å². The van der Waals surface area contributed by atoms with Gasteiger partial charge in [0.1, 0.15) is 35.2 Å². The van der Waals surface area contributed by atoms with Crippen molar-refractivity contribution in [2.24, 2.45) is 0 Å². The van der Waals surface area contributed by atoms with Crippen molar-refractivity contribution in [2.75, 3.05) is 45.3 Å². The van der Waals surface area contributed by atoms with Crippen LogP contribution in [0.1, 0.15) is 49.1 Å². The lowest BCUT2D eigenvalue weighted by Gasteiger charge is -2.30. The molecule has 0 radical (unpaired) electrons. The lowest BCUT2D eigenvalue weighted by molar-refractivity contribution is 0.107. The van der Waals surface area contributed by atoms with Gasteiger partial charge >= 0.3 is 6.01 Å². The number of nitrogens with zero attached hydrogens (tertiary/aromatic N) is 5. The third kappa shape index (κ3) is 4.35. The van der Waals surface area contributed by atoms with Gasteiger partial charge in [-0.2, -0.15) is 15.1 Å². The second kappa shape index (κ2) is 10.0. The molecule has 2 saturated heterocycles. The Bertz CT molecular complexity index is 1640. The number of pyridine rings is 1. The third-order valence-corrected chi connectivity index (χ3v) is 8.78. The lowest BCUT2D eigenvalue weighted by Crippen LogP contribution is -2.43. The van der Waals surface area contributed by atoms with Gasteiger partial charge in [-0.05, 0) is 62.3 Å². The summed E-state index contributed by atoms with van der Waals surface area (Å²) in [6, 6.07) is 2.01. The van der Waals surface area contributed by atoms with E-state index in [0.29, 0.717) is 24.4 Å². The summed E-state index contributed by atoms with van der Waals surface area (Å²) in [5.74, 6) is 0.0857. The quantitative estimate of drug-likeness (QED) is 0.273. The van der Waals surface area contributed by atoms with Crippen LogP contribution in [-0.4, -0.2) is 86.8 Å². The fraction of sp³-hybridized carbons (Fsp3) is 0.517. The average Bonchev–Trinajstić information content (AvgIpc) is 3.43. The molecular formula is C29H33F2N7O3. The first-order chi connectivity index (χ1) is 19.9. The highest BCUT2D eigenvalue weighted by molar-refractivity contribution is 6.01. The van der Waals surface area contributed by atoms with E-state index in [2.05, 4.69) is 35.4 Å². The molecule has 2 aliphatic heterocycles. The molecule has 3 N–H and O–H groups in total. The molecular weight excluding hydrogens is 532 g/mol. The minimum atomic E-state index is -0.900. The number of methoxy groups -OCH3 is 1. The summed E-state index contributed by atoms with van der Waals surface area (Å²) in [5.41, 5.74) is 3.28. The van der Waals surface area contributed by atoms with Gasteiger partial charge in [0.2, 0.25) is 5.88 Å². The Morgan fingerprint density at radius 1 is 1.27 bits per heavy atom. The number of hydrogen-bond donors (Lipinski definition) is 3. The molecule has 10 nitrogen and oxygen atoms in total. The van der Waals surface area contributed by atoms with Crippen LogP contribution in [0.5, 0.6) is 11.9 Å². The zero-order valence-electron chi connectivity index (χ0n) is 23.1. The first kappa shape index (κ1) is 26.3. The molecule has 12 heteroatoms. The number of aromatic nitrogens is 5. The van der Waals surface area contributed by atoms with Gasteiger partial charge in [0, 0.05) is 30.5 Å². The van der Waals surface area contributed by atoms with Crippen molar-refractivity contribution in [3.05, 3.63) is 29.2 Å². The van der Waals surface area contributed by atoms with Crippen LogP contribution in [-0.2, 0) is 0 Å². The van der Waals surface area contributed by atoms with Crippen molar-refractivity contribution in [3.63, 3.8) is 0 Å². The maximum absolute atomic E-state index is 16.8. The Morgan fingerprint density at radius 3 is 2.90 bits per heavy atom. The van der Waals surface area contributed by atoms with Crippen molar-refractivity contribution < 1.29 is 23.4 Å². The van der Waals surface area contributed by atoms with Crippen molar-refractivity contribution in [1.29, 1.82) is 0 Å². The van der Waals surface area contributed by atoms with Crippen molar-refractivity contribution in [3.8, 4) is 23.1 Å². The van der Waals surface area contributed by atoms with Crippen LogP contribution < -0.4 is 14.8 Å². The minimum absolute atomic E-state index is 0.00671. The zero-order valence-corrected chi connectivity index (χ0v) is 23.1. The van der Waals surface area contributed by atoms with E-state index in [1.807, 2.05) is 13.0 Å². The highest BCUT2D eigenvalue weighted by atomic mass is 19.1. The van der Waals surface area contributed by atoms with Gasteiger partial charge < -0.3 is 19.9 Å². The topological polar surface area (TPSA) is 121 Å². The molecule has 1 aliphatic carbocycles. The number of ether oxygens (including phenoxy) is 2. The summed E-state index contributed by atoms with van der Waals surface area (Å²) in [6.07, 6.45) is 5.04. The molecule has 3 fully saturated rings. The van der Waals surface area contributed by atoms with E-state index in [4.69, 9.17) is 9.47 Å². The monoisotopic (exact) mass is 565 g/mol. The van der Waals surface area contributed by atoms with E-state index in [-0.39, 0.29) is 54.1 Å². The van der Waals surface area contributed by atoms with E-state index in [1.165, 1.54) is 7.11 Å². The van der Waals surface area contributed by atoms with E-state index >= 15 is 4.39 Å². The van der Waals surface area contributed by atoms with Gasteiger partial charge in [-0.1, -0.05) is 0 Å². The normalized spacial score (nSPS) is 22.5. The SMILES string of the molecule is COc1nc(-c2c(C3CC3)c(C)cc3[nH]ncc23)c(F)c2nc(OC[C@@]34CCCN3C[C@H](F)C4)nc(NCCO)c12. The molecule has 0 amide bonds. The first-order valence-electron chi connectivity index (χ1n) is 14.2. The molecule has 0 bridgehead atoms. The molecule has 4 aromatic rings. The van der Waals surface area contributed by atoms with Crippen LogP contribution in [0.25, 0.3) is 33.1 Å². The average molecular weight is 566 g/mol. The summed E-state index contributed by atoms with van der Waals surface area (Å²) in [6.45, 7) is 3.45. The zero-order chi connectivity index (χ0) is 28.3. The maximum Gasteiger partial charge on any atom is 0.319 e. The molecule has 1 aromatic carbocycles. The summed E-state index contributed by atoms with van der Waals surface area (Å²) < 4.78 is 42.9. The number of aliphatic hydroxyl groups is 1. The van der Waals surface area contributed by atoms with Gasteiger partial charge in [0.05, 0.1) is 31.0 Å². The molecule has 0 spiro atoms. The van der Waals surface area contributed by atoms with Crippen LogP contribution in [0.2, 0.25) is 0 Å².